The molecular weight excluding hydrogens is 441 g/mol. The number of hydrogen-bond donors (Lipinski definition) is 0. The third-order valence-electron chi connectivity index (χ3n) is 7.96. The standard InChI is InChI=1S/C28H33F3O3/c1-32-21-8-4-17(5-9-21)23-12-13-24(28(31)27(23)30)18-6-10-22(11-7-18)33-15-20-3-2-19(14-25(20)29)26-16-34-26/h2-3,12-14,17-18,21-22,26H,4-11,15-16H2,1H3. The molecule has 1 atom stereocenters. The van der Waals surface area contributed by atoms with Gasteiger partial charge in [0.15, 0.2) is 11.6 Å². The number of rotatable bonds is 7. The molecule has 0 bridgehead atoms. The van der Waals surface area contributed by atoms with Crippen molar-refractivity contribution in [1.29, 1.82) is 0 Å². The Morgan fingerprint density at radius 2 is 1.35 bits per heavy atom. The van der Waals surface area contributed by atoms with E-state index in [1.165, 1.54) is 6.07 Å². The Bertz CT molecular complexity index is 991. The average molecular weight is 475 g/mol. The van der Waals surface area contributed by atoms with Crippen molar-refractivity contribution in [1.82, 2.24) is 0 Å². The molecule has 2 saturated carbocycles. The quantitative estimate of drug-likeness (QED) is 0.402. The molecule has 2 aromatic rings. The van der Waals surface area contributed by atoms with Crippen LogP contribution >= 0.6 is 0 Å². The van der Waals surface area contributed by atoms with Crippen molar-refractivity contribution in [2.45, 2.75) is 88.1 Å². The highest BCUT2D eigenvalue weighted by Crippen LogP contribution is 2.40. The SMILES string of the molecule is COC1CCC(c2ccc(C3CCC(OCc4ccc(C5CO5)cc4F)CC3)c(F)c2F)CC1. The molecule has 5 rings (SSSR count). The maximum atomic E-state index is 15.1. The van der Waals surface area contributed by atoms with Crippen molar-refractivity contribution in [2.75, 3.05) is 13.7 Å². The zero-order valence-corrected chi connectivity index (χ0v) is 19.7. The Balaban J connectivity index is 1.15. The predicted molar refractivity (Wildman–Crippen MR) is 123 cm³/mol. The lowest BCUT2D eigenvalue weighted by Crippen LogP contribution is -2.22. The van der Waals surface area contributed by atoms with Gasteiger partial charge in [-0.05, 0) is 86.0 Å². The van der Waals surface area contributed by atoms with Crippen LogP contribution in [0.3, 0.4) is 0 Å². The highest BCUT2D eigenvalue weighted by Gasteiger charge is 2.30. The van der Waals surface area contributed by atoms with Crippen molar-refractivity contribution in [2.24, 2.45) is 0 Å². The van der Waals surface area contributed by atoms with Gasteiger partial charge in [-0.3, -0.25) is 0 Å². The molecular formula is C28H33F3O3. The molecule has 3 fully saturated rings. The van der Waals surface area contributed by atoms with Gasteiger partial charge in [-0.2, -0.15) is 0 Å². The summed E-state index contributed by atoms with van der Waals surface area (Å²) in [4.78, 5) is 0. The first kappa shape index (κ1) is 23.8. The number of halogens is 3. The van der Waals surface area contributed by atoms with Crippen LogP contribution in [0.1, 0.15) is 91.6 Å². The average Bonchev–Trinajstić information content (AvgIpc) is 3.71. The highest BCUT2D eigenvalue weighted by molar-refractivity contribution is 5.32. The second-order valence-electron chi connectivity index (χ2n) is 10.0. The summed E-state index contributed by atoms with van der Waals surface area (Å²) in [6.45, 7) is 0.872. The summed E-state index contributed by atoms with van der Waals surface area (Å²) in [6.07, 6.45) is 6.67. The summed E-state index contributed by atoms with van der Waals surface area (Å²) in [6, 6.07) is 8.77. The molecule has 0 aromatic heterocycles. The van der Waals surface area contributed by atoms with Crippen molar-refractivity contribution in [3.8, 4) is 0 Å². The van der Waals surface area contributed by atoms with E-state index in [0.29, 0.717) is 23.3 Å². The van der Waals surface area contributed by atoms with E-state index in [1.54, 1.807) is 25.3 Å². The molecule has 2 aromatic carbocycles. The minimum atomic E-state index is -0.683. The summed E-state index contributed by atoms with van der Waals surface area (Å²) in [5.41, 5.74) is 2.39. The van der Waals surface area contributed by atoms with Gasteiger partial charge in [-0.25, -0.2) is 13.2 Å². The zero-order valence-electron chi connectivity index (χ0n) is 19.7. The lowest BCUT2D eigenvalue weighted by atomic mass is 9.79. The van der Waals surface area contributed by atoms with Crippen molar-refractivity contribution < 1.29 is 27.4 Å². The topological polar surface area (TPSA) is 31.0 Å². The third-order valence-corrected chi connectivity index (χ3v) is 7.96. The van der Waals surface area contributed by atoms with Gasteiger partial charge in [-0.1, -0.05) is 24.3 Å². The first-order valence-corrected chi connectivity index (χ1v) is 12.6. The highest BCUT2D eigenvalue weighted by atomic mass is 19.2. The van der Waals surface area contributed by atoms with Gasteiger partial charge in [0.05, 0.1) is 25.4 Å². The molecule has 1 unspecified atom stereocenters. The zero-order chi connectivity index (χ0) is 23.7. The van der Waals surface area contributed by atoms with Crippen LogP contribution < -0.4 is 0 Å². The molecule has 6 heteroatoms. The fraction of sp³-hybridized carbons (Fsp3) is 0.571. The minimum absolute atomic E-state index is 0.00485. The van der Waals surface area contributed by atoms with Crippen molar-refractivity contribution >= 4 is 0 Å². The van der Waals surface area contributed by atoms with E-state index in [1.807, 2.05) is 6.07 Å². The summed E-state index contributed by atoms with van der Waals surface area (Å²) in [5.74, 6) is -1.58. The van der Waals surface area contributed by atoms with Crippen LogP contribution in [0.25, 0.3) is 0 Å². The van der Waals surface area contributed by atoms with Crippen LogP contribution in [-0.4, -0.2) is 25.9 Å². The van der Waals surface area contributed by atoms with E-state index >= 15 is 8.78 Å². The Morgan fingerprint density at radius 3 is 1.85 bits per heavy atom. The Hall–Kier alpha value is -1.89. The Kier molecular flexibility index (Phi) is 7.28. The summed E-state index contributed by atoms with van der Waals surface area (Å²) in [7, 11) is 1.71. The molecule has 34 heavy (non-hydrogen) atoms. The first-order valence-electron chi connectivity index (χ1n) is 12.6. The van der Waals surface area contributed by atoms with Gasteiger partial charge in [0.1, 0.15) is 11.9 Å². The van der Waals surface area contributed by atoms with E-state index in [0.717, 1.165) is 56.9 Å². The van der Waals surface area contributed by atoms with E-state index in [2.05, 4.69) is 0 Å². The molecule has 1 aliphatic heterocycles. The molecule has 0 N–H and O–H groups in total. The molecule has 1 heterocycles. The van der Waals surface area contributed by atoms with Gasteiger partial charge < -0.3 is 14.2 Å². The molecule has 2 aliphatic carbocycles. The maximum absolute atomic E-state index is 15.1. The van der Waals surface area contributed by atoms with Gasteiger partial charge in [0, 0.05) is 12.7 Å². The molecule has 0 spiro atoms. The van der Waals surface area contributed by atoms with E-state index in [9.17, 15) is 4.39 Å². The first-order chi connectivity index (χ1) is 16.5. The molecule has 3 nitrogen and oxygen atoms in total. The molecule has 1 saturated heterocycles. The van der Waals surface area contributed by atoms with E-state index in [4.69, 9.17) is 14.2 Å². The number of epoxide rings is 1. The van der Waals surface area contributed by atoms with Crippen LogP contribution in [0.4, 0.5) is 13.2 Å². The number of hydrogen-bond acceptors (Lipinski definition) is 3. The number of benzene rings is 2. The monoisotopic (exact) mass is 474 g/mol. The van der Waals surface area contributed by atoms with E-state index < -0.39 is 11.6 Å². The lowest BCUT2D eigenvalue weighted by molar-refractivity contribution is 0.0118. The predicted octanol–water partition coefficient (Wildman–Crippen LogP) is 7.09. The largest absolute Gasteiger partial charge is 0.381 e. The summed E-state index contributed by atoms with van der Waals surface area (Å²) in [5, 5.41) is 0. The van der Waals surface area contributed by atoms with Gasteiger partial charge in [-0.15, -0.1) is 0 Å². The molecule has 184 valence electrons. The van der Waals surface area contributed by atoms with Crippen LogP contribution in [0.15, 0.2) is 30.3 Å². The van der Waals surface area contributed by atoms with Crippen molar-refractivity contribution in [3.63, 3.8) is 0 Å². The van der Waals surface area contributed by atoms with Crippen LogP contribution in [0, 0.1) is 17.5 Å². The molecule has 3 aliphatic rings. The second kappa shape index (κ2) is 10.4. The second-order valence-corrected chi connectivity index (χ2v) is 10.0. The summed E-state index contributed by atoms with van der Waals surface area (Å²) < 4.78 is 61.0. The molecule has 0 radical (unpaired) electrons. The smallest absolute Gasteiger partial charge is 0.162 e. The van der Waals surface area contributed by atoms with Crippen LogP contribution in [-0.2, 0) is 20.8 Å². The molecule has 0 amide bonds. The normalized spacial score (nSPS) is 29.2. The fourth-order valence-electron chi connectivity index (χ4n) is 5.69. The van der Waals surface area contributed by atoms with Crippen molar-refractivity contribution in [3.05, 3.63) is 70.0 Å². The number of ether oxygens (including phenoxy) is 3. The number of methoxy groups -OCH3 is 1. The lowest BCUT2D eigenvalue weighted by Gasteiger charge is -2.30. The van der Waals surface area contributed by atoms with Gasteiger partial charge >= 0.3 is 0 Å². The van der Waals surface area contributed by atoms with Gasteiger partial charge in [0.25, 0.3) is 0 Å². The Labute approximate surface area is 199 Å². The minimum Gasteiger partial charge on any atom is -0.381 e. The third kappa shape index (κ3) is 5.19. The van der Waals surface area contributed by atoms with E-state index in [-0.39, 0.29) is 42.6 Å². The van der Waals surface area contributed by atoms with Crippen LogP contribution in [0.2, 0.25) is 0 Å². The summed E-state index contributed by atoms with van der Waals surface area (Å²) >= 11 is 0. The Morgan fingerprint density at radius 1 is 0.794 bits per heavy atom. The fourth-order valence-corrected chi connectivity index (χ4v) is 5.69. The van der Waals surface area contributed by atoms with Gasteiger partial charge in [0.2, 0.25) is 0 Å². The maximum Gasteiger partial charge on any atom is 0.162 e. The van der Waals surface area contributed by atoms with Crippen LogP contribution in [0.5, 0.6) is 0 Å².